The number of rotatable bonds is 8. The number of Topliss-reactive ketones (excluding diaryl/α,β-unsaturated/α-hetero) is 1. The van der Waals surface area contributed by atoms with Crippen molar-refractivity contribution in [3.63, 3.8) is 0 Å². The fraction of sp³-hybridized carbons (Fsp3) is 0.667. The predicted octanol–water partition coefficient (Wildman–Crippen LogP) is 1.45. The zero-order valence-electron chi connectivity index (χ0n) is 31.1. The zero-order chi connectivity index (χ0) is 38.8. The predicted molar refractivity (Wildman–Crippen MR) is 190 cm³/mol. The number of carbonyl (C=O) groups is 8. The van der Waals surface area contributed by atoms with E-state index in [1.165, 1.54) is 15.9 Å². The molecule has 16 nitrogen and oxygen atoms in total. The minimum Gasteiger partial charge on any atom is -0.450 e. The van der Waals surface area contributed by atoms with Crippen LogP contribution in [0.25, 0.3) is 0 Å². The Morgan fingerprint density at radius 1 is 1.04 bits per heavy atom. The molecule has 3 fully saturated rings. The summed E-state index contributed by atoms with van der Waals surface area (Å²) < 4.78 is 5.27. The van der Waals surface area contributed by atoms with Crippen molar-refractivity contribution in [2.75, 3.05) is 32.8 Å². The van der Waals surface area contributed by atoms with Gasteiger partial charge in [-0.05, 0) is 49.4 Å². The molecule has 0 aromatic rings. The second-order valence-corrected chi connectivity index (χ2v) is 15.6. The normalized spacial score (nSPS) is 24.4. The standard InChI is InChI=1S/C36H55N7O9/c1-8-14-37-31(48)29(46)23-12-9-10-15-38-34(51)52-16-11-13-24(32(49)42-20-22(2)17-25(42)30(47)39-23)40-33(50)41-26(35(3,4)5)21-43-27(44)18-36(6,7)19-28(43)45/h8,23-26H,1-2,9-21H2,3-7H3,(H,37,48)(H,38,51)(H,39,47)(H2,40,41,50)/t23-,24-,25-,26+/m0/s1. The van der Waals surface area contributed by atoms with E-state index in [9.17, 15) is 38.4 Å². The molecule has 0 unspecified atom stereocenters. The number of piperidine rings is 1. The molecule has 3 aliphatic rings. The highest BCUT2D eigenvalue weighted by atomic mass is 16.5. The van der Waals surface area contributed by atoms with Gasteiger partial charge in [-0.15, -0.1) is 6.58 Å². The third kappa shape index (κ3) is 11.9. The molecule has 0 aromatic carbocycles. The van der Waals surface area contributed by atoms with Crippen LogP contribution in [0.3, 0.4) is 0 Å². The van der Waals surface area contributed by atoms with Gasteiger partial charge in [0.05, 0.1) is 18.7 Å². The first-order chi connectivity index (χ1) is 24.3. The molecule has 4 atom stereocenters. The zero-order valence-corrected chi connectivity index (χ0v) is 31.1. The molecule has 3 rings (SSSR count). The van der Waals surface area contributed by atoms with Gasteiger partial charge in [0.25, 0.3) is 5.91 Å². The Morgan fingerprint density at radius 3 is 2.35 bits per heavy atom. The third-order valence-corrected chi connectivity index (χ3v) is 9.34. The molecule has 0 aromatic heterocycles. The van der Waals surface area contributed by atoms with Gasteiger partial charge in [-0.25, -0.2) is 9.59 Å². The first-order valence-corrected chi connectivity index (χ1v) is 17.8. The number of fused-ring (bicyclic) bond motifs is 1. The molecule has 3 aliphatic heterocycles. The van der Waals surface area contributed by atoms with Crippen LogP contribution in [0.4, 0.5) is 9.59 Å². The van der Waals surface area contributed by atoms with E-state index in [-0.39, 0.29) is 83.1 Å². The molecule has 3 saturated heterocycles. The van der Waals surface area contributed by atoms with Crippen molar-refractivity contribution < 1.29 is 43.1 Å². The van der Waals surface area contributed by atoms with Gasteiger partial charge in [0.1, 0.15) is 12.1 Å². The number of nitrogens with zero attached hydrogens (tertiary/aromatic N) is 2. The van der Waals surface area contributed by atoms with Crippen LogP contribution in [0.1, 0.15) is 86.0 Å². The second-order valence-electron chi connectivity index (χ2n) is 15.6. The van der Waals surface area contributed by atoms with Gasteiger partial charge >= 0.3 is 12.1 Å². The minimum atomic E-state index is -1.20. The third-order valence-electron chi connectivity index (χ3n) is 9.34. The maximum absolute atomic E-state index is 14.2. The van der Waals surface area contributed by atoms with Crippen LogP contribution in [0.2, 0.25) is 0 Å². The summed E-state index contributed by atoms with van der Waals surface area (Å²) in [7, 11) is 0. The lowest BCUT2D eigenvalue weighted by Gasteiger charge is -2.40. The van der Waals surface area contributed by atoms with Crippen molar-refractivity contribution in [1.82, 2.24) is 36.4 Å². The molecular formula is C36H55N7O9. The Labute approximate surface area is 305 Å². The van der Waals surface area contributed by atoms with E-state index in [4.69, 9.17) is 4.74 Å². The fourth-order valence-corrected chi connectivity index (χ4v) is 6.33. The molecule has 3 heterocycles. The summed E-state index contributed by atoms with van der Waals surface area (Å²) in [5.41, 5.74) is -0.501. The Hall–Kier alpha value is -4.76. The largest absolute Gasteiger partial charge is 0.450 e. The maximum atomic E-state index is 14.2. The number of ketones is 1. The highest BCUT2D eigenvalue weighted by molar-refractivity contribution is 6.38. The molecule has 288 valence electrons. The van der Waals surface area contributed by atoms with E-state index in [1.807, 2.05) is 34.6 Å². The molecule has 52 heavy (non-hydrogen) atoms. The van der Waals surface area contributed by atoms with E-state index in [2.05, 4.69) is 39.7 Å². The van der Waals surface area contributed by atoms with Crippen LogP contribution in [-0.4, -0.2) is 114 Å². The van der Waals surface area contributed by atoms with Crippen LogP contribution < -0.4 is 26.6 Å². The van der Waals surface area contributed by atoms with Gasteiger partial charge in [-0.3, -0.25) is 33.7 Å². The van der Waals surface area contributed by atoms with E-state index in [1.54, 1.807) is 0 Å². The van der Waals surface area contributed by atoms with Gasteiger partial charge in [-0.2, -0.15) is 0 Å². The molecule has 0 radical (unpaired) electrons. The Balaban J connectivity index is 1.85. The number of cyclic esters (lactones) is 1. The Bertz CT molecular complexity index is 1420. The highest BCUT2D eigenvalue weighted by Crippen LogP contribution is 2.32. The second kappa shape index (κ2) is 18.1. The first kappa shape index (κ1) is 41.7. The number of urea groups is 1. The average molecular weight is 730 g/mol. The summed E-state index contributed by atoms with van der Waals surface area (Å²) >= 11 is 0. The van der Waals surface area contributed by atoms with Crippen LogP contribution in [0, 0.1) is 10.8 Å². The Kier molecular flexibility index (Phi) is 14.5. The van der Waals surface area contributed by atoms with Gasteiger partial charge < -0.3 is 36.2 Å². The summed E-state index contributed by atoms with van der Waals surface area (Å²) in [6.45, 7) is 16.9. The van der Waals surface area contributed by atoms with Crippen molar-refractivity contribution in [3.8, 4) is 0 Å². The lowest BCUT2D eigenvalue weighted by Crippen LogP contribution is -2.60. The number of imide groups is 1. The summed E-state index contributed by atoms with van der Waals surface area (Å²) in [6.07, 6.45) is 2.31. The van der Waals surface area contributed by atoms with Crippen LogP contribution in [0.5, 0.6) is 0 Å². The van der Waals surface area contributed by atoms with Gasteiger partial charge in [0.15, 0.2) is 0 Å². The minimum absolute atomic E-state index is 0.00814. The van der Waals surface area contributed by atoms with Crippen molar-refractivity contribution in [2.45, 2.75) is 110 Å². The molecule has 0 bridgehead atoms. The molecule has 0 spiro atoms. The topological polar surface area (TPSA) is 212 Å². The van der Waals surface area contributed by atoms with E-state index >= 15 is 0 Å². The number of ether oxygens (including phenoxy) is 1. The number of amides is 8. The van der Waals surface area contributed by atoms with Gasteiger partial charge in [0.2, 0.25) is 29.4 Å². The van der Waals surface area contributed by atoms with Crippen molar-refractivity contribution in [3.05, 3.63) is 24.8 Å². The first-order valence-electron chi connectivity index (χ1n) is 17.8. The smallest absolute Gasteiger partial charge is 0.407 e. The van der Waals surface area contributed by atoms with Crippen LogP contribution in [-0.2, 0) is 33.5 Å². The number of likely N-dealkylation sites (tertiary alicyclic amines) is 1. The number of carbonyl (C=O) groups excluding carboxylic acids is 8. The fourth-order valence-electron chi connectivity index (χ4n) is 6.33. The highest BCUT2D eigenvalue weighted by Gasteiger charge is 2.42. The van der Waals surface area contributed by atoms with E-state index in [0.717, 1.165) is 0 Å². The number of alkyl carbamates (subject to hydrolysis) is 1. The lowest BCUT2D eigenvalue weighted by atomic mass is 9.80. The maximum Gasteiger partial charge on any atom is 0.407 e. The molecule has 0 saturated carbocycles. The summed E-state index contributed by atoms with van der Waals surface area (Å²) in [6, 6.07) is -4.90. The molecule has 8 amide bonds. The molecule has 16 heteroatoms. The monoisotopic (exact) mass is 729 g/mol. The molecule has 5 N–H and O–H groups in total. The molecule has 0 aliphatic carbocycles. The van der Waals surface area contributed by atoms with E-state index in [0.29, 0.717) is 18.4 Å². The number of hydrogen-bond donors (Lipinski definition) is 5. The van der Waals surface area contributed by atoms with Crippen molar-refractivity contribution >= 4 is 47.4 Å². The summed E-state index contributed by atoms with van der Waals surface area (Å²) in [4.78, 5) is 108. The average Bonchev–Trinajstić information content (AvgIpc) is 3.44. The Morgan fingerprint density at radius 2 is 1.71 bits per heavy atom. The van der Waals surface area contributed by atoms with Crippen molar-refractivity contribution in [1.29, 1.82) is 0 Å². The van der Waals surface area contributed by atoms with E-state index < -0.39 is 70.6 Å². The van der Waals surface area contributed by atoms with Gasteiger partial charge in [0, 0.05) is 39.0 Å². The SMILES string of the molecule is C=CCNC(=O)C(=O)[C@@H]1CCCCNC(=O)OCCC[C@H](NC(=O)N[C@H](CN2C(=O)CC(C)(C)CC2=O)C(C)(C)C)C(=O)N2CC(=C)C[C@H]2C(=O)N1. The number of nitrogens with one attached hydrogen (secondary N) is 5. The van der Waals surface area contributed by atoms with Crippen LogP contribution >= 0.6 is 0 Å². The van der Waals surface area contributed by atoms with Crippen molar-refractivity contribution in [2.24, 2.45) is 10.8 Å². The summed E-state index contributed by atoms with van der Waals surface area (Å²) in [5.74, 6) is -3.68. The quantitative estimate of drug-likeness (QED) is 0.139. The molecular weight excluding hydrogens is 674 g/mol. The lowest BCUT2D eigenvalue weighted by molar-refractivity contribution is -0.153. The summed E-state index contributed by atoms with van der Waals surface area (Å²) in [5, 5.41) is 13.2. The van der Waals surface area contributed by atoms with Crippen LogP contribution in [0.15, 0.2) is 24.8 Å². The van der Waals surface area contributed by atoms with Gasteiger partial charge in [-0.1, -0.05) is 52.8 Å². The number of hydrogen-bond acceptors (Lipinski definition) is 9.